The molecule has 0 radical (unpaired) electrons. The number of rotatable bonds is 5. The Kier molecular flexibility index (Phi) is 5.77. The Morgan fingerprint density at radius 1 is 1.42 bits per heavy atom. The molecule has 0 spiro atoms. The molecular weight excluding hydrogens is 366 g/mol. The fourth-order valence-corrected chi connectivity index (χ4v) is 5.79. The van der Waals surface area contributed by atoms with Crippen LogP contribution in [0, 0.1) is 5.92 Å². The van der Waals surface area contributed by atoms with Gasteiger partial charge in [0.1, 0.15) is 4.83 Å². The molecule has 0 aromatic carbocycles. The van der Waals surface area contributed by atoms with Crippen LogP contribution < -0.4 is 10.9 Å². The van der Waals surface area contributed by atoms with Gasteiger partial charge in [-0.15, -0.1) is 11.3 Å². The predicted octanol–water partition coefficient (Wildman–Crippen LogP) is 3.61. The van der Waals surface area contributed by atoms with E-state index in [4.69, 9.17) is 4.98 Å². The molecule has 2 unspecified atom stereocenters. The molecule has 142 valence electrons. The van der Waals surface area contributed by atoms with E-state index in [1.165, 1.54) is 22.2 Å². The van der Waals surface area contributed by atoms with Crippen LogP contribution in [0.25, 0.3) is 10.2 Å². The summed E-state index contributed by atoms with van der Waals surface area (Å²) < 4.78 is 1.72. The number of thioether (sulfide) groups is 1. The molecule has 0 fully saturated rings. The first kappa shape index (κ1) is 19.4. The Morgan fingerprint density at radius 2 is 2.15 bits per heavy atom. The van der Waals surface area contributed by atoms with Gasteiger partial charge in [0.15, 0.2) is 5.16 Å². The summed E-state index contributed by atoms with van der Waals surface area (Å²) in [7, 11) is 0. The number of hydrogen-bond donors (Lipinski definition) is 1. The van der Waals surface area contributed by atoms with Crippen LogP contribution in [-0.4, -0.2) is 26.8 Å². The largest absolute Gasteiger partial charge is 0.353 e. The summed E-state index contributed by atoms with van der Waals surface area (Å²) in [6, 6.07) is 0.0976. The van der Waals surface area contributed by atoms with E-state index in [0.717, 1.165) is 29.5 Å². The molecule has 0 saturated heterocycles. The highest BCUT2D eigenvalue weighted by atomic mass is 32.2. The van der Waals surface area contributed by atoms with E-state index in [-0.39, 0.29) is 22.8 Å². The van der Waals surface area contributed by atoms with Crippen molar-refractivity contribution in [2.24, 2.45) is 5.92 Å². The first-order chi connectivity index (χ1) is 12.3. The third-order valence-corrected chi connectivity index (χ3v) is 7.02. The molecule has 26 heavy (non-hydrogen) atoms. The van der Waals surface area contributed by atoms with Gasteiger partial charge in [-0.05, 0) is 58.4 Å². The molecular formula is C19H27N3O2S2. The van der Waals surface area contributed by atoms with Crippen molar-refractivity contribution in [3.8, 4) is 0 Å². The minimum atomic E-state index is -0.297. The second-order valence-electron chi connectivity index (χ2n) is 7.40. The molecule has 1 aliphatic rings. The van der Waals surface area contributed by atoms with Crippen molar-refractivity contribution < 1.29 is 4.79 Å². The van der Waals surface area contributed by atoms with Gasteiger partial charge in [0, 0.05) is 17.5 Å². The number of nitrogens with zero attached hydrogens (tertiary/aromatic N) is 2. The third kappa shape index (κ3) is 3.69. The van der Waals surface area contributed by atoms with Crippen LogP contribution >= 0.6 is 23.1 Å². The zero-order chi connectivity index (χ0) is 19.0. The lowest BCUT2D eigenvalue weighted by Crippen LogP contribution is -2.36. The van der Waals surface area contributed by atoms with Crippen molar-refractivity contribution in [1.29, 1.82) is 0 Å². The van der Waals surface area contributed by atoms with E-state index in [9.17, 15) is 9.59 Å². The van der Waals surface area contributed by atoms with Crippen molar-refractivity contribution in [3.05, 3.63) is 20.8 Å². The van der Waals surface area contributed by atoms with Gasteiger partial charge in [0.2, 0.25) is 5.91 Å². The summed E-state index contributed by atoms with van der Waals surface area (Å²) in [5.74, 6) is 0.638. The SMILES string of the molecule is CCn1c(SC(C)C(=O)NC(C)C)nc2sc3c(c2c1=O)CCC(C)C3. The smallest absolute Gasteiger partial charge is 0.263 e. The second kappa shape index (κ2) is 7.72. The van der Waals surface area contributed by atoms with Crippen molar-refractivity contribution in [2.75, 3.05) is 0 Å². The van der Waals surface area contributed by atoms with Crippen LogP contribution in [0.2, 0.25) is 0 Å². The van der Waals surface area contributed by atoms with E-state index in [0.29, 0.717) is 17.6 Å². The van der Waals surface area contributed by atoms with Gasteiger partial charge in [-0.2, -0.15) is 0 Å². The lowest BCUT2D eigenvalue weighted by Gasteiger charge is -2.18. The molecule has 2 aromatic rings. The Labute approximate surface area is 162 Å². The Hall–Kier alpha value is -1.34. The van der Waals surface area contributed by atoms with Crippen LogP contribution in [0.1, 0.15) is 51.5 Å². The third-order valence-electron chi connectivity index (χ3n) is 4.78. The number of carbonyl (C=O) groups is 1. The molecule has 7 heteroatoms. The van der Waals surface area contributed by atoms with Gasteiger partial charge in [0.05, 0.1) is 10.6 Å². The van der Waals surface area contributed by atoms with Crippen molar-refractivity contribution in [3.63, 3.8) is 0 Å². The summed E-state index contributed by atoms with van der Waals surface area (Å²) >= 11 is 3.03. The summed E-state index contributed by atoms with van der Waals surface area (Å²) in [5, 5.41) is 4.08. The zero-order valence-corrected chi connectivity index (χ0v) is 17.7. The Bertz CT molecular complexity index is 885. The van der Waals surface area contributed by atoms with Gasteiger partial charge in [-0.3, -0.25) is 14.2 Å². The average Bonchev–Trinajstić information content (AvgIpc) is 2.91. The highest BCUT2D eigenvalue weighted by Crippen LogP contribution is 2.36. The average molecular weight is 394 g/mol. The van der Waals surface area contributed by atoms with Crippen molar-refractivity contribution in [1.82, 2.24) is 14.9 Å². The van der Waals surface area contributed by atoms with E-state index in [1.54, 1.807) is 15.9 Å². The number of fused-ring (bicyclic) bond motifs is 3. The number of carbonyl (C=O) groups excluding carboxylic acids is 1. The second-order valence-corrected chi connectivity index (χ2v) is 9.79. The normalized spacial score (nSPS) is 18.2. The van der Waals surface area contributed by atoms with E-state index >= 15 is 0 Å². The summed E-state index contributed by atoms with van der Waals surface area (Å²) in [6.07, 6.45) is 3.14. The molecule has 1 amide bonds. The first-order valence-electron chi connectivity index (χ1n) is 9.33. The Balaban J connectivity index is 2.01. The van der Waals surface area contributed by atoms with Gasteiger partial charge < -0.3 is 5.32 Å². The number of amides is 1. The highest BCUT2D eigenvalue weighted by Gasteiger charge is 2.25. The fourth-order valence-electron chi connectivity index (χ4n) is 3.39. The number of aromatic nitrogens is 2. The topological polar surface area (TPSA) is 64.0 Å². The molecule has 1 N–H and O–H groups in total. The van der Waals surface area contributed by atoms with Crippen LogP contribution in [0.3, 0.4) is 0 Å². The van der Waals surface area contributed by atoms with Crippen LogP contribution in [0.5, 0.6) is 0 Å². The van der Waals surface area contributed by atoms with Crippen molar-refractivity contribution >= 4 is 39.2 Å². The molecule has 2 atom stereocenters. The minimum absolute atomic E-state index is 0.0266. The monoisotopic (exact) mass is 393 g/mol. The minimum Gasteiger partial charge on any atom is -0.353 e. The summed E-state index contributed by atoms with van der Waals surface area (Å²) in [5.41, 5.74) is 1.26. The number of hydrogen-bond acceptors (Lipinski definition) is 5. The molecule has 2 aromatic heterocycles. The Morgan fingerprint density at radius 3 is 2.81 bits per heavy atom. The summed E-state index contributed by atoms with van der Waals surface area (Å²) in [4.78, 5) is 32.3. The fraction of sp³-hybridized carbons (Fsp3) is 0.632. The van der Waals surface area contributed by atoms with Crippen LogP contribution in [-0.2, 0) is 24.2 Å². The first-order valence-corrected chi connectivity index (χ1v) is 11.0. The van der Waals surface area contributed by atoms with Crippen LogP contribution in [0.4, 0.5) is 0 Å². The standard InChI is InChI=1S/C19H27N3O2S2/c1-6-22-18(24)15-13-8-7-11(4)9-14(13)26-17(15)21-19(22)25-12(5)16(23)20-10(2)3/h10-12H,6-9H2,1-5H3,(H,20,23). The van der Waals surface area contributed by atoms with Gasteiger partial charge in [-0.1, -0.05) is 18.7 Å². The molecule has 0 aliphatic heterocycles. The van der Waals surface area contributed by atoms with E-state index in [1.807, 2.05) is 27.7 Å². The maximum absolute atomic E-state index is 13.1. The molecule has 5 nitrogen and oxygen atoms in total. The molecule has 0 bridgehead atoms. The molecule has 3 rings (SSSR count). The number of nitrogens with one attached hydrogen (secondary N) is 1. The summed E-state index contributed by atoms with van der Waals surface area (Å²) in [6.45, 7) is 10.5. The molecule has 1 aliphatic carbocycles. The van der Waals surface area contributed by atoms with E-state index < -0.39 is 0 Å². The molecule has 2 heterocycles. The maximum atomic E-state index is 13.1. The zero-order valence-electron chi connectivity index (χ0n) is 16.1. The lowest BCUT2D eigenvalue weighted by molar-refractivity contribution is -0.120. The molecule has 0 saturated carbocycles. The van der Waals surface area contributed by atoms with Gasteiger partial charge in [0.25, 0.3) is 5.56 Å². The quantitative estimate of drug-likeness (QED) is 0.623. The highest BCUT2D eigenvalue weighted by molar-refractivity contribution is 8.00. The van der Waals surface area contributed by atoms with Gasteiger partial charge in [-0.25, -0.2) is 4.98 Å². The van der Waals surface area contributed by atoms with E-state index in [2.05, 4.69) is 12.2 Å². The maximum Gasteiger partial charge on any atom is 0.263 e. The number of thiophene rings is 1. The number of aryl methyl sites for hydroxylation is 1. The van der Waals surface area contributed by atoms with Gasteiger partial charge >= 0.3 is 0 Å². The van der Waals surface area contributed by atoms with Crippen LogP contribution in [0.15, 0.2) is 9.95 Å². The van der Waals surface area contributed by atoms with Crippen molar-refractivity contribution in [2.45, 2.75) is 76.9 Å². The predicted molar refractivity (Wildman–Crippen MR) is 109 cm³/mol. The lowest BCUT2D eigenvalue weighted by atomic mass is 9.89.